The summed E-state index contributed by atoms with van der Waals surface area (Å²) in [7, 11) is 0. The molecule has 7 heteroatoms. The van der Waals surface area contributed by atoms with Gasteiger partial charge in [0.2, 0.25) is 5.88 Å². The lowest BCUT2D eigenvalue weighted by Crippen LogP contribution is -2.26. The van der Waals surface area contributed by atoms with Crippen LogP contribution in [0.3, 0.4) is 0 Å². The molecule has 0 bridgehead atoms. The van der Waals surface area contributed by atoms with Crippen LogP contribution in [0, 0.1) is 23.0 Å². The number of nitrogens with zero attached hydrogens (tertiary/aromatic N) is 1. The van der Waals surface area contributed by atoms with Crippen molar-refractivity contribution in [3.63, 3.8) is 0 Å². The van der Waals surface area contributed by atoms with Crippen molar-refractivity contribution in [1.82, 2.24) is 0 Å². The molecule has 2 rings (SSSR count). The highest BCUT2D eigenvalue weighted by molar-refractivity contribution is 5.92. The highest BCUT2D eigenvalue weighted by atomic mass is 19.2. The molecule has 25 heavy (non-hydrogen) atoms. The van der Waals surface area contributed by atoms with Crippen molar-refractivity contribution in [3.8, 4) is 6.07 Å². The molecule has 132 valence electrons. The van der Waals surface area contributed by atoms with Crippen LogP contribution in [0.2, 0.25) is 0 Å². The first kappa shape index (κ1) is 18.5. The van der Waals surface area contributed by atoms with E-state index >= 15 is 0 Å². The van der Waals surface area contributed by atoms with Crippen LogP contribution in [-0.2, 0) is 20.7 Å². The van der Waals surface area contributed by atoms with Gasteiger partial charge in [-0.25, -0.2) is 13.6 Å². The van der Waals surface area contributed by atoms with E-state index in [1.165, 1.54) is 19.1 Å². The monoisotopic (exact) mass is 348 g/mol. The van der Waals surface area contributed by atoms with Gasteiger partial charge in [0, 0.05) is 5.56 Å². The van der Waals surface area contributed by atoms with Gasteiger partial charge in [-0.3, -0.25) is 0 Å². The molecule has 0 saturated carbocycles. The van der Waals surface area contributed by atoms with E-state index < -0.39 is 23.5 Å². The van der Waals surface area contributed by atoms with Gasteiger partial charge >= 0.3 is 5.97 Å². The number of hydrogen-bond donors (Lipinski definition) is 1. The average molecular weight is 348 g/mol. The molecular formula is C18H18F2N2O3. The van der Waals surface area contributed by atoms with Crippen LogP contribution in [-0.4, -0.2) is 12.6 Å². The predicted molar refractivity (Wildman–Crippen MR) is 85.7 cm³/mol. The van der Waals surface area contributed by atoms with Gasteiger partial charge in [0.25, 0.3) is 0 Å². The number of carbonyl (C=O) groups excluding carboxylic acids is 1. The quantitative estimate of drug-likeness (QED) is 0.845. The average Bonchev–Trinajstić information content (AvgIpc) is 2.57. The van der Waals surface area contributed by atoms with Gasteiger partial charge in [-0.05, 0) is 25.8 Å². The Bertz CT molecular complexity index is 822. The fourth-order valence-corrected chi connectivity index (χ4v) is 2.77. The SMILES string of the molecule is CCOC(=O)C1=C(C)OC(N)=C(C#N)C1c1ccc(CC)c(F)c1F. The molecule has 1 unspecified atom stereocenters. The van der Waals surface area contributed by atoms with Crippen molar-refractivity contribution >= 4 is 5.97 Å². The van der Waals surface area contributed by atoms with Gasteiger partial charge in [-0.2, -0.15) is 5.26 Å². The Hall–Kier alpha value is -2.88. The highest BCUT2D eigenvalue weighted by Crippen LogP contribution is 2.41. The van der Waals surface area contributed by atoms with E-state index in [2.05, 4.69) is 0 Å². The van der Waals surface area contributed by atoms with Crippen LogP contribution in [0.15, 0.2) is 34.9 Å². The summed E-state index contributed by atoms with van der Waals surface area (Å²) in [5, 5.41) is 9.41. The third kappa shape index (κ3) is 3.20. The van der Waals surface area contributed by atoms with E-state index in [4.69, 9.17) is 15.2 Å². The van der Waals surface area contributed by atoms with Crippen LogP contribution < -0.4 is 5.73 Å². The third-order valence-electron chi connectivity index (χ3n) is 3.99. The van der Waals surface area contributed by atoms with E-state index in [1.807, 2.05) is 6.07 Å². The lowest BCUT2D eigenvalue weighted by molar-refractivity contribution is -0.139. The molecule has 0 amide bonds. The molecule has 1 aliphatic rings. The van der Waals surface area contributed by atoms with Crippen molar-refractivity contribution in [2.45, 2.75) is 33.1 Å². The molecule has 0 aromatic heterocycles. The maximum Gasteiger partial charge on any atom is 0.338 e. The lowest BCUT2D eigenvalue weighted by Gasteiger charge is -2.27. The largest absolute Gasteiger partial charge is 0.463 e. The maximum atomic E-state index is 14.7. The standard InChI is InChI=1S/C18H18F2N2O3/c1-4-10-6-7-11(16(20)15(10)19)14-12(8-21)17(22)25-9(3)13(14)18(23)24-5-2/h6-7,14H,4-5,22H2,1-3H3. The molecule has 0 aliphatic carbocycles. The molecule has 1 heterocycles. The molecule has 1 atom stereocenters. The van der Waals surface area contributed by atoms with Crippen LogP contribution >= 0.6 is 0 Å². The number of rotatable bonds is 4. The molecule has 0 saturated heterocycles. The Morgan fingerprint density at radius 2 is 2.04 bits per heavy atom. The van der Waals surface area contributed by atoms with E-state index in [0.717, 1.165) is 0 Å². The molecule has 1 aromatic rings. The summed E-state index contributed by atoms with van der Waals surface area (Å²) in [5.41, 5.74) is 5.51. The minimum atomic E-state index is -1.20. The first-order chi connectivity index (χ1) is 11.9. The topological polar surface area (TPSA) is 85.3 Å². The number of nitriles is 1. The molecule has 0 spiro atoms. The number of esters is 1. The van der Waals surface area contributed by atoms with Crippen molar-refractivity contribution < 1.29 is 23.0 Å². The minimum Gasteiger partial charge on any atom is -0.463 e. The fourth-order valence-electron chi connectivity index (χ4n) is 2.77. The summed E-state index contributed by atoms with van der Waals surface area (Å²) in [6.07, 6.45) is 0.305. The predicted octanol–water partition coefficient (Wildman–Crippen LogP) is 3.17. The third-order valence-corrected chi connectivity index (χ3v) is 3.99. The zero-order chi connectivity index (χ0) is 18.7. The normalized spacial score (nSPS) is 17.2. The molecule has 1 aliphatic heterocycles. The number of benzene rings is 1. The zero-order valence-corrected chi connectivity index (χ0v) is 14.2. The summed E-state index contributed by atoms with van der Waals surface area (Å²) < 4.78 is 39.1. The number of carbonyl (C=O) groups is 1. The molecule has 1 aromatic carbocycles. The number of allylic oxidation sites excluding steroid dienone is 2. The highest BCUT2D eigenvalue weighted by Gasteiger charge is 2.38. The second kappa shape index (κ2) is 7.34. The Morgan fingerprint density at radius 1 is 1.36 bits per heavy atom. The minimum absolute atomic E-state index is 0.0739. The zero-order valence-electron chi connectivity index (χ0n) is 14.2. The molecule has 0 radical (unpaired) electrons. The summed E-state index contributed by atoms with van der Waals surface area (Å²) in [5.74, 6) is -4.27. The lowest BCUT2D eigenvalue weighted by atomic mass is 9.82. The van der Waals surface area contributed by atoms with Crippen LogP contribution in [0.5, 0.6) is 0 Å². The Balaban J connectivity index is 2.71. The number of aryl methyl sites for hydroxylation is 1. The molecule has 2 N–H and O–H groups in total. The second-order valence-corrected chi connectivity index (χ2v) is 5.41. The summed E-state index contributed by atoms with van der Waals surface area (Å²) >= 11 is 0. The van der Waals surface area contributed by atoms with Crippen molar-refractivity contribution in [3.05, 3.63) is 57.7 Å². The maximum absolute atomic E-state index is 14.7. The van der Waals surface area contributed by atoms with Crippen molar-refractivity contribution in [2.24, 2.45) is 5.73 Å². The van der Waals surface area contributed by atoms with E-state index in [0.29, 0.717) is 6.42 Å². The Kier molecular flexibility index (Phi) is 5.42. The van der Waals surface area contributed by atoms with Crippen molar-refractivity contribution in [2.75, 3.05) is 6.61 Å². The molecule has 0 fully saturated rings. The fraction of sp³-hybridized carbons (Fsp3) is 0.333. The Morgan fingerprint density at radius 3 is 2.60 bits per heavy atom. The summed E-state index contributed by atoms with van der Waals surface area (Å²) in [6, 6.07) is 4.60. The van der Waals surface area contributed by atoms with Crippen LogP contribution in [0.1, 0.15) is 37.8 Å². The van der Waals surface area contributed by atoms with Gasteiger partial charge in [-0.1, -0.05) is 19.1 Å². The van der Waals surface area contributed by atoms with E-state index in [9.17, 15) is 18.8 Å². The summed E-state index contributed by atoms with van der Waals surface area (Å²) in [4.78, 5) is 12.3. The van der Waals surface area contributed by atoms with Crippen molar-refractivity contribution in [1.29, 1.82) is 5.26 Å². The van der Waals surface area contributed by atoms with Gasteiger partial charge in [0.1, 0.15) is 17.4 Å². The van der Waals surface area contributed by atoms with E-state index in [-0.39, 0.29) is 40.5 Å². The first-order valence-corrected chi connectivity index (χ1v) is 7.79. The number of halogens is 2. The molecular weight excluding hydrogens is 330 g/mol. The molecule has 5 nitrogen and oxygen atoms in total. The van der Waals surface area contributed by atoms with Crippen LogP contribution in [0.25, 0.3) is 0 Å². The first-order valence-electron chi connectivity index (χ1n) is 7.79. The van der Waals surface area contributed by atoms with Gasteiger partial charge < -0.3 is 15.2 Å². The number of nitrogens with two attached hydrogens (primary N) is 1. The van der Waals surface area contributed by atoms with Gasteiger partial charge in [0.15, 0.2) is 11.6 Å². The van der Waals surface area contributed by atoms with Crippen LogP contribution in [0.4, 0.5) is 8.78 Å². The summed E-state index contributed by atoms with van der Waals surface area (Å²) in [6.45, 7) is 4.83. The van der Waals surface area contributed by atoms with E-state index in [1.54, 1.807) is 13.8 Å². The Labute approximate surface area is 144 Å². The number of ether oxygens (including phenoxy) is 2. The number of hydrogen-bond acceptors (Lipinski definition) is 5. The smallest absolute Gasteiger partial charge is 0.338 e. The van der Waals surface area contributed by atoms with Gasteiger partial charge in [0.05, 0.1) is 18.1 Å². The van der Waals surface area contributed by atoms with Gasteiger partial charge in [-0.15, -0.1) is 0 Å². The second-order valence-electron chi connectivity index (χ2n) is 5.41.